The highest BCUT2D eigenvalue weighted by molar-refractivity contribution is 5.69. The van der Waals surface area contributed by atoms with Gasteiger partial charge in [-0.3, -0.25) is 0 Å². The van der Waals surface area contributed by atoms with Crippen LogP contribution in [0.3, 0.4) is 0 Å². The Balaban J connectivity index is 2.08. The van der Waals surface area contributed by atoms with Crippen molar-refractivity contribution in [2.45, 2.75) is 0 Å². The summed E-state index contributed by atoms with van der Waals surface area (Å²) in [5.41, 5.74) is 5.65. The average Bonchev–Trinajstić information content (AvgIpc) is 2.83. The number of fused-ring (bicyclic) bond motifs is 1. The smallest absolute Gasteiger partial charge is 0.409 e. The second-order valence-corrected chi connectivity index (χ2v) is 4.30. The summed E-state index contributed by atoms with van der Waals surface area (Å²) < 4.78 is 33.3. The highest BCUT2D eigenvalue weighted by Crippen LogP contribution is 2.24. The summed E-state index contributed by atoms with van der Waals surface area (Å²) in [6.07, 6.45) is 2.17. The number of halogens is 2. The lowest BCUT2D eigenvalue weighted by molar-refractivity contribution is 0.211. The number of rotatable bonds is 2. The van der Waals surface area contributed by atoms with E-state index in [2.05, 4.69) is 4.98 Å². The zero-order valence-corrected chi connectivity index (χ0v) is 10.6. The molecule has 0 aliphatic carbocycles. The highest BCUT2D eigenvalue weighted by atomic mass is 19.1. The molecule has 106 valence electrons. The third kappa shape index (κ3) is 2.53. The lowest BCUT2D eigenvalue weighted by Gasteiger charge is -1.99. The van der Waals surface area contributed by atoms with Gasteiger partial charge in [0.2, 0.25) is 0 Å². The molecule has 0 atom stereocenters. The molecule has 0 bridgehead atoms. The van der Waals surface area contributed by atoms with Crippen LogP contribution in [0.15, 0.2) is 42.7 Å². The van der Waals surface area contributed by atoms with Crippen molar-refractivity contribution in [1.29, 1.82) is 0 Å². The second kappa shape index (κ2) is 4.86. The van der Waals surface area contributed by atoms with Gasteiger partial charge in [0.15, 0.2) is 0 Å². The fraction of sp³-hybridized carbons (Fsp3) is 0. The Labute approximate surface area is 117 Å². The minimum atomic E-state index is -0.942. The Morgan fingerprint density at radius 2 is 2.05 bits per heavy atom. The number of primary amides is 1. The Kier molecular flexibility index (Phi) is 3.02. The topological polar surface area (TPSA) is 69.6 Å². The first-order valence-electron chi connectivity index (χ1n) is 5.94. The summed E-state index contributed by atoms with van der Waals surface area (Å²) in [5, 5.41) is 0. The molecule has 1 aromatic carbocycles. The number of pyridine rings is 1. The van der Waals surface area contributed by atoms with Crippen LogP contribution in [-0.2, 0) is 0 Å². The van der Waals surface area contributed by atoms with Crippen LogP contribution >= 0.6 is 0 Å². The van der Waals surface area contributed by atoms with Crippen molar-refractivity contribution in [2.24, 2.45) is 5.73 Å². The van der Waals surface area contributed by atoms with Gasteiger partial charge in [0.1, 0.15) is 23.0 Å². The van der Waals surface area contributed by atoms with Crippen LogP contribution in [0.2, 0.25) is 0 Å². The Hall–Kier alpha value is -2.96. The molecule has 0 fully saturated rings. The third-order valence-electron chi connectivity index (χ3n) is 2.85. The number of carbonyl (C=O) groups is 1. The van der Waals surface area contributed by atoms with Crippen LogP contribution in [0.25, 0.3) is 16.9 Å². The first-order valence-corrected chi connectivity index (χ1v) is 5.94. The van der Waals surface area contributed by atoms with Gasteiger partial charge in [-0.05, 0) is 24.3 Å². The first kappa shape index (κ1) is 13.0. The quantitative estimate of drug-likeness (QED) is 0.788. The molecule has 0 radical (unpaired) electrons. The molecule has 0 unspecified atom stereocenters. The number of nitrogens with zero attached hydrogens (tertiary/aromatic N) is 2. The van der Waals surface area contributed by atoms with E-state index in [1.165, 1.54) is 12.1 Å². The fourth-order valence-corrected chi connectivity index (χ4v) is 1.97. The van der Waals surface area contributed by atoms with E-state index in [9.17, 15) is 13.6 Å². The molecular formula is C14H9F2N3O2. The summed E-state index contributed by atoms with van der Waals surface area (Å²) in [6.45, 7) is 0. The molecule has 21 heavy (non-hydrogen) atoms. The number of hydrogen-bond donors (Lipinski definition) is 1. The van der Waals surface area contributed by atoms with E-state index in [4.69, 9.17) is 10.5 Å². The van der Waals surface area contributed by atoms with Gasteiger partial charge in [-0.15, -0.1) is 0 Å². The van der Waals surface area contributed by atoms with Gasteiger partial charge < -0.3 is 14.9 Å². The predicted octanol–water partition coefficient (Wildman–Crippen LogP) is 2.74. The molecule has 0 aliphatic heterocycles. The third-order valence-corrected chi connectivity index (χ3v) is 2.85. The lowest BCUT2D eigenvalue weighted by atomic mass is 10.1. The monoisotopic (exact) mass is 289 g/mol. The standard InChI is InChI=1S/C14H9F2N3O2/c15-8-1-2-11(16)10(5-8)12-7-19-4-3-9(21-14(17)20)6-13(19)18-12/h1-7H,(H2,17,20). The number of imidazole rings is 1. The number of amides is 1. The van der Waals surface area contributed by atoms with E-state index in [0.29, 0.717) is 5.65 Å². The van der Waals surface area contributed by atoms with Crippen LogP contribution in [0.5, 0.6) is 5.75 Å². The average molecular weight is 289 g/mol. The molecule has 0 saturated carbocycles. The van der Waals surface area contributed by atoms with E-state index in [0.717, 1.165) is 18.2 Å². The zero-order valence-electron chi connectivity index (χ0n) is 10.6. The summed E-state index contributed by atoms with van der Waals surface area (Å²) in [7, 11) is 0. The highest BCUT2D eigenvalue weighted by Gasteiger charge is 2.11. The molecule has 3 rings (SSSR count). The molecule has 3 aromatic rings. The van der Waals surface area contributed by atoms with Gasteiger partial charge in [-0.1, -0.05) is 0 Å². The Morgan fingerprint density at radius 3 is 2.81 bits per heavy atom. The molecule has 1 amide bonds. The van der Waals surface area contributed by atoms with Crippen molar-refractivity contribution in [3.63, 3.8) is 0 Å². The van der Waals surface area contributed by atoms with Crippen molar-refractivity contribution in [3.05, 3.63) is 54.4 Å². The van der Waals surface area contributed by atoms with Gasteiger partial charge in [-0.2, -0.15) is 0 Å². The van der Waals surface area contributed by atoms with E-state index in [1.807, 2.05) is 0 Å². The van der Waals surface area contributed by atoms with Gasteiger partial charge in [0.25, 0.3) is 0 Å². The molecule has 0 spiro atoms. The normalized spacial score (nSPS) is 10.8. The number of ether oxygens (including phenoxy) is 1. The van der Waals surface area contributed by atoms with E-state index in [-0.39, 0.29) is 17.0 Å². The Bertz CT molecular complexity index is 845. The van der Waals surface area contributed by atoms with Crippen LogP contribution in [-0.4, -0.2) is 15.5 Å². The molecule has 2 N–H and O–H groups in total. The minimum absolute atomic E-state index is 0.0519. The van der Waals surface area contributed by atoms with Crippen LogP contribution in [0.4, 0.5) is 13.6 Å². The SMILES string of the molecule is NC(=O)Oc1ccn2cc(-c3cc(F)ccc3F)nc2c1. The minimum Gasteiger partial charge on any atom is -0.410 e. The molecule has 5 nitrogen and oxygen atoms in total. The number of nitrogens with two attached hydrogens (primary N) is 1. The van der Waals surface area contributed by atoms with Gasteiger partial charge in [0, 0.05) is 24.0 Å². The van der Waals surface area contributed by atoms with Crippen LogP contribution in [0, 0.1) is 11.6 Å². The van der Waals surface area contributed by atoms with Gasteiger partial charge in [0.05, 0.1) is 5.69 Å². The lowest BCUT2D eigenvalue weighted by Crippen LogP contribution is -2.16. The molecule has 0 saturated heterocycles. The molecular weight excluding hydrogens is 280 g/mol. The van der Waals surface area contributed by atoms with Crippen molar-refractivity contribution < 1.29 is 18.3 Å². The van der Waals surface area contributed by atoms with Crippen molar-refractivity contribution in [3.8, 4) is 17.0 Å². The Morgan fingerprint density at radius 1 is 1.24 bits per heavy atom. The maximum atomic E-state index is 13.7. The number of hydrogen-bond acceptors (Lipinski definition) is 3. The number of aromatic nitrogens is 2. The summed E-state index contributed by atoms with van der Waals surface area (Å²) in [6, 6.07) is 6.11. The van der Waals surface area contributed by atoms with Crippen molar-refractivity contribution >= 4 is 11.7 Å². The fourth-order valence-electron chi connectivity index (χ4n) is 1.97. The van der Waals surface area contributed by atoms with E-state index < -0.39 is 17.7 Å². The van der Waals surface area contributed by atoms with Crippen LogP contribution in [0.1, 0.15) is 0 Å². The second-order valence-electron chi connectivity index (χ2n) is 4.30. The maximum Gasteiger partial charge on any atom is 0.409 e. The number of benzene rings is 1. The maximum absolute atomic E-state index is 13.7. The first-order chi connectivity index (χ1) is 10.0. The molecule has 0 aliphatic rings. The zero-order chi connectivity index (χ0) is 15.0. The van der Waals surface area contributed by atoms with Crippen molar-refractivity contribution in [2.75, 3.05) is 0 Å². The number of carbonyl (C=O) groups excluding carboxylic acids is 1. The summed E-state index contributed by atoms with van der Waals surface area (Å²) in [5.74, 6) is -0.915. The van der Waals surface area contributed by atoms with Crippen LogP contribution < -0.4 is 10.5 Å². The summed E-state index contributed by atoms with van der Waals surface area (Å²) >= 11 is 0. The molecule has 2 aromatic heterocycles. The predicted molar refractivity (Wildman–Crippen MR) is 70.8 cm³/mol. The molecule has 2 heterocycles. The molecule has 7 heteroatoms. The van der Waals surface area contributed by atoms with E-state index >= 15 is 0 Å². The van der Waals surface area contributed by atoms with Crippen molar-refractivity contribution in [1.82, 2.24) is 9.38 Å². The largest absolute Gasteiger partial charge is 0.410 e. The summed E-state index contributed by atoms with van der Waals surface area (Å²) in [4.78, 5) is 14.9. The van der Waals surface area contributed by atoms with Gasteiger partial charge >= 0.3 is 6.09 Å². The van der Waals surface area contributed by atoms with E-state index in [1.54, 1.807) is 16.8 Å². The van der Waals surface area contributed by atoms with Gasteiger partial charge in [-0.25, -0.2) is 18.6 Å².